The van der Waals surface area contributed by atoms with E-state index >= 15 is 0 Å². The fraction of sp³-hybridized carbons (Fsp3) is 0. The number of nitrogens with zero attached hydrogens (tertiary/aromatic N) is 4. The molecule has 0 saturated heterocycles. The van der Waals surface area contributed by atoms with Crippen LogP contribution in [-0.2, 0) is 0 Å². The van der Waals surface area contributed by atoms with E-state index < -0.39 is 102 Å². The lowest BCUT2D eigenvalue weighted by atomic mass is 9.97. The number of furan rings is 1. The molecule has 8 aromatic carbocycles. The maximum absolute atomic E-state index is 10.1. The Balaban J connectivity index is 1.28. The lowest BCUT2D eigenvalue weighted by molar-refractivity contribution is 0.668. The summed E-state index contributed by atoms with van der Waals surface area (Å²) in [5.74, 6) is 1.09. The number of hydrogen-bond donors (Lipinski definition) is 0. The molecule has 0 spiro atoms. The van der Waals surface area contributed by atoms with E-state index in [4.69, 9.17) is 33.1 Å². The Hall–Kier alpha value is -7.37. The third-order valence-electron chi connectivity index (χ3n) is 9.26. The summed E-state index contributed by atoms with van der Waals surface area (Å²) in [5.41, 5.74) is 0.309. The number of para-hydroxylation sites is 2. The van der Waals surface area contributed by atoms with Gasteiger partial charge in [0.25, 0.3) is 0 Å². The van der Waals surface area contributed by atoms with E-state index in [-0.39, 0.29) is 65.6 Å². The zero-order valence-corrected chi connectivity index (χ0v) is 27.8. The summed E-state index contributed by atoms with van der Waals surface area (Å²) in [5, 5.41) is -1.45. The van der Waals surface area contributed by atoms with Crippen molar-refractivity contribution in [2.24, 2.45) is 0 Å². The molecule has 0 fully saturated rings. The molecule has 0 amide bonds. The lowest BCUT2D eigenvalue weighted by Crippen LogP contribution is -2.00. The van der Waals surface area contributed by atoms with Crippen molar-refractivity contribution < 1.29 is 26.3 Å². The summed E-state index contributed by atoms with van der Waals surface area (Å²) < 4.78 is 152. The Bertz CT molecular complexity index is 4070. The second-order valence-corrected chi connectivity index (χ2v) is 12.4. The van der Waals surface area contributed by atoms with E-state index in [1.54, 1.807) is 24.3 Å². The molecular weight excluding hydrogens is 661 g/mol. The fourth-order valence-electron chi connectivity index (χ4n) is 6.82. The van der Waals surface area contributed by atoms with Gasteiger partial charge in [0, 0.05) is 44.3 Å². The predicted molar refractivity (Wildman–Crippen MR) is 221 cm³/mol. The molecule has 0 N–H and O–H groups in total. The van der Waals surface area contributed by atoms with Crippen molar-refractivity contribution in [3.8, 4) is 51.0 Å². The Kier molecular flexibility index (Phi) is 4.13. The van der Waals surface area contributed by atoms with Gasteiger partial charge < -0.3 is 8.98 Å². The van der Waals surface area contributed by atoms with Crippen LogP contribution in [0, 0.1) is 0 Å². The van der Waals surface area contributed by atoms with Crippen LogP contribution in [-0.4, -0.2) is 19.5 Å². The molecule has 0 atom stereocenters. The van der Waals surface area contributed by atoms with Crippen molar-refractivity contribution in [1.29, 1.82) is 0 Å². The van der Waals surface area contributed by atoms with Gasteiger partial charge in [-0.05, 0) is 46.1 Å². The van der Waals surface area contributed by atoms with Crippen LogP contribution < -0.4 is 0 Å². The quantitative estimate of drug-likeness (QED) is 0.179. The highest BCUT2D eigenvalue weighted by atomic mass is 16.3. The summed E-state index contributed by atoms with van der Waals surface area (Å²) in [6.45, 7) is 0. The second-order valence-electron chi connectivity index (χ2n) is 12.4. The monoisotopic (exact) mass is 706 g/mol. The van der Waals surface area contributed by atoms with E-state index in [9.17, 15) is 8.22 Å². The number of hydrogen-bond acceptors (Lipinski definition) is 4. The molecular formula is C49H30N4O. The summed E-state index contributed by atoms with van der Waals surface area (Å²) in [6.07, 6.45) is 0. The molecule has 0 bridgehead atoms. The smallest absolute Gasteiger partial charge is 0.164 e. The number of benzene rings is 8. The van der Waals surface area contributed by atoms with Crippen molar-refractivity contribution in [2.45, 2.75) is 0 Å². The van der Waals surface area contributed by atoms with Gasteiger partial charge in [0.2, 0.25) is 0 Å². The molecule has 0 saturated carbocycles. The minimum atomic E-state index is -0.739. The van der Waals surface area contributed by atoms with Gasteiger partial charge in [0.15, 0.2) is 17.5 Å². The highest BCUT2D eigenvalue weighted by molar-refractivity contribution is 6.21. The largest absolute Gasteiger partial charge is 0.456 e. The van der Waals surface area contributed by atoms with Crippen LogP contribution >= 0.6 is 0 Å². The third-order valence-corrected chi connectivity index (χ3v) is 9.26. The normalized spacial score (nSPS) is 15.9. The van der Waals surface area contributed by atoms with Crippen molar-refractivity contribution >= 4 is 54.5 Å². The summed E-state index contributed by atoms with van der Waals surface area (Å²) in [7, 11) is 0. The van der Waals surface area contributed by atoms with Gasteiger partial charge in [-0.15, -0.1) is 0 Å². The topological polar surface area (TPSA) is 56.7 Å². The first-order chi connectivity index (χ1) is 33.4. The van der Waals surface area contributed by atoms with Gasteiger partial charge in [-0.3, -0.25) is 0 Å². The summed E-state index contributed by atoms with van der Waals surface area (Å²) >= 11 is 0. The minimum absolute atomic E-state index is 0.0434. The van der Waals surface area contributed by atoms with E-state index in [0.717, 1.165) is 15.7 Å². The van der Waals surface area contributed by atoms with Crippen LogP contribution in [0.15, 0.2) is 186 Å². The van der Waals surface area contributed by atoms with Crippen LogP contribution in [0.1, 0.15) is 21.9 Å². The van der Waals surface area contributed by atoms with Crippen LogP contribution in [0.25, 0.3) is 105 Å². The van der Waals surface area contributed by atoms with Crippen LogP contribution in [0.2, 0.25) is 0 Å². The minimum Gasteiger partial charge on any atom is -0.456 e. The Morgan fingerprint density at radius 1 is 0.444 bits per heavy atom. The van der Waals surface area contributed by atoms with E-state index in [1.165, 1.54) is 0 Å². The summed E-state index contributed by atoms with van der Waals surface area (Å²) in [6, 6.07) is 14.9. The molecule has 0 aliphatic carbocycles. The highest BCUT2D eigenvalue weighted by Crippen LogP contribution is 2.42. The summed E-state index contributed by atoms with van der Waals surface area (Å²) in [4.78, 5) is 14.4. The average molecular weight is 707 g/mol. The maximum Gasteiger partial charge on any atom is 0.164 e. The zero-order valence-electron chi connectivity index (χ0n) is 43.8. The second kappa shape index (κ2) is 12.1. The standard InChI is InChI=1S/C49H30N4O/c1-3-14-33(15-4-1)47-50-48(34-16-5-2-6-17-34)52-49(51-47)35-25-23-32(24-26-35)40-29-36(30-44-46(40)39-20-10-12-22-43(39)54-44)53-41-21-11-9-19-38(41)45-37-18-8-7-13-31(37)27-28-42(45)53/h1-30H/i7D,8D,9D,10D,11D,12D,13D,18D,19D,20D,21D,22D,27D,28D,29D,30D. The molecule has 5 nitrogen and oxygen atoms in total. The molecule has 3 aromatic heterocycles. The average Bonchev–Trinajstić information content (AvgIpc) is 3.94. The van der Waals surface area contributed by atoms with Crippen LogP contribution in [0.4, 0.5) is 0 Å². The Labute approximate surface area is 332 Å². The van der Waals surface area contributed by atoms with Crippen LogP contribution in [0.5, 0.6) is 0 Å². The number of fused-ring (bicyclic) bond motifs is 8. The number of rotatable bonds is 5. The van der Waals surface area contributed by atoms with Crippen molar-refractivity contribution in [1.82, 2.24) is 19.5 Å². The zero-order chi connectivity index (χ0) is 49.5. The first-order valence-corrected chi connectivity index (χ1v) is 16.8. The SMILES string of the molecule is [2H]c1c([2H])c([2H])c2c(oc3c([2H])c(-n4c5c([2H])c([2H])c([2H])c([2H])c5c5c6c([2H])c([2H])c([2H])c([2H])c6c([2H])c([2H])c54)c([2H])c(-c4ccc(-c5nc(-c6ccccc6)nc(-c6ccccc6)n5)cc4)c32)c1[2H]. The third kappa shape index (κ3) is 4.83. The van der Waals surface area contributed by atoms with Gasteiger partial charge in [-0.1, -0.05) is 151 Å². The molecule has 3 heterocycles. The molecule has 0 aliphatic heterocycles. The van der Waals surface area contributed by atoms with E-state index in [2.05, 4.69) is 0 Å². The van der Waals surface area contributed by atoms with Crippen molar-refractivity contribution in [2.75, 3.05) is 0 Å². The first-order valence-electron chi connectivity index (χ1n) is 24.8. The molecule has 0 radical (unpaired) electrons. The lowest BCUT2D eigenvalue weighted by Gasteiger charge is -2.13. The van der Waals surface area contributed by atoms with Crippen molar-refractivity contribution in [3.63, 3.8) is 0 Å². The number of aromatic nitrogens is 4. The highest BCUT2D eigenvalue weighted by Gasteiger charge is 2.20. The van der Waals surface area contributed by atoms with Gasteiger partial charge >= 0.3 is 0 Å². The van der Waals surface area contributed by atoms with E-state index in [1.807, 2.05) is 60.7 Å². The van der Waals surface area contributed by atoms with E-state index in [0.29, 0.717) is 23.0 Å². The molecule has 11 aromatic rings. The van der Waals surface area contributed by atoms with Gasteiger partial charge in [-0.2, -0.15) is 0 Å². The van der Waals surface area contributed by atoms with Crippen LogP contribution in [0.3, 0.4) is 0 Å². The molecule has 11 rings (SSSR count). The molecule has 5 heteroatoms. The molecule has 0 unspecified atom stereocenters. The van der Waals surface area contributed by atoms with Gasteiger partial charge in [0.1, 0.15) is 11.2 Å². The molecule has 54 heavy (non-hydrogen) atoms. The Morgan fingerprint density at radius 2 is 1.02 bits per heavy atom. The molecule has 0 aliphatic rings. The van der Waals surface area contributed by atoms with Gasteiger partial charge in [-0.25, -0.2) is 15.0 Å². The fourth-order valence-corrected chi connectivity index (χ4v) is 6.82. The predicted octanol–water partition coefficient (Wildman–Crippen LogP) is 12.7. The molecule has 252 valence electrons. The van der Waals surface area contributed by atoms with Gasteiger partial charge in [0.05, 0.1) is 38.7 Å². The Morgan fingerprint density at radius 3 is 1.72 bits per heavy atom. The maximum atomic E-state index is 10.1. The first kappa shape index (κ1) is 18.4. The van der Waals surface area contributed by atoms with Crippen molar-refractivity contribution in [3.05, 3.63) is 182 Å².